The normalized spacial score (nSPS) is 22.1. The second-order valence-corrected chi connectivity index (χ2v) is 7.34. The Labute approximate surface area is 124 Å². The predicted octanol–water partition coefficient (Wildman–Crippen LogP) is 2.15. The van der Waals surface area contributed by atoms with Gasteiger partial charge < -0.3 is 15.5 Å². The summed E-state index contributed by atoms with van der Waals surface area (Å²) >= 11 is 0. The van der Waals surface area contributed by atoms with Gasteiger partial charge in [-0.25, -0.2) is 0 Å². The molecular formula is C16H32N4. The lowest BCUT2D eigenvalue weighted by Crippen LogP contribution is -2.47. The molecule has 0 spiro atoms. The van der Waals surface area contributed by atoms with Gasteiger partial charge in [-0.05, 0) is 38.1 Å². The summed E-state index contributed by atoms with van der Waals surface area (Å²) in [7, 11) is 0. The molecule has 0 aromatic rings. The third-order valence-corrected chi connectivity index (χ3v) is 4.93. The fraction of sp³-hybridized carbons (Fsp3) is 0.938. The average molecular weight is 280 g/mol. The standard InChI is InChI=1S/C16H32N4/c1-16(2,15(17)18)7-3-4-8-19-9-11-20(12-10-19)13-14-5-6-14/h14H,3-13H2,1-2H3,(H3,17,18). The van der Waals surface area contributed by atoms with Crippen LogP contribution < -0.4 is 5.73 Å². The third-order valence-electron chi connectivity index (χ3n) is 4.93. The molecule has 1 saturated heterocycles. The van der Waals surface area contributed by atoms with Crippen molar-refractivity contribution >= 4 is 5.84 Å². The molecule has 20 heavy (non-hydrogen) atoms. The van der Waals surface area contributed by atoms with Gasteiger partial charge in [0.05, 0.1) is 5.84 Å². The van der Waals surface area contributed by atoms with Crippen LogP contribution in [0.1, 0.15) is 46.0 Å². The van der Waals surface area contributed by atoms with Gasteiger partial charge in [0.2, 0.25) is 0 Å². The van der Waals surface area contributed by atoms with E-state index in [0.29, 0.717) is 5.84 Å². The van der Waals surface area contributed by atoms with E-state index in [4.69, 9.17) is 11.1 Å². The number of hydrogen-bond acceptors (Lipinski definition) is 3. The molecule has 0 amide bonds. The molecule has 4 nitrogen and oxygen atoms in total. The Morgan fingerprint density at radius 2 is 1.70 bits per heavy atom. The minimum atomic E-state index is -0.122. The largest absolute Gasteiger partial charge is 0.387 e. The van der Waals surface area contributed by atoms with E-state index in [0.717, 1.165) is 12.3 Å². The van der Waals surface area contributed by atoms with E-state index in [2.05, 4.69) is 23.6 Å². The van der Waals surface area contributed by atoms with Gasteiger partial charge in [0.1, 0.15) is 0 Å². The zero-order valence-corrected chi connectivity index (χ0v) is 13.3. The summed E-state index contributed by atoms with van der Waals surface area (Å²) < 4.78 is 0. The molecule has 1 heterocycles. The first-order valence-corrected chi connectivity index (χ1v) is 8.26. The van der Waals surface area contributed by atoms with Crippen LogP contribution in [0.3, 0.4) is 0 Å². The highest BCUT2D eigenvalue weighted by molar-refractivity contribution is 5.82. The van der Waals surface area contributed by atoms with Gasteiger partial charge in [-0.2, -0.15) is 0 Å². The van der Waals surface area contributed by atoms with Gasteiger partial charge in [0, 0.05) is 38.1 Å². The van der Waals surface area contributed by atoms with Crippen LogP contribution in [-0.4, -0.2) is 54.9 Å². The van der Waals surface area contributed by atoms with E-state index in [1.807, 2.05) is 0 Å². The van der Waals surface area contributed by atoms with E-state index in [-0.39, 0.29) is 5.41 Å². The SMILES string of the molecule is CC(C)(CCCCN1CCN(CC2CC2)CC1)C(=N)N. The molecule has 1 aliphatic heterocycles. The fourth-order valence-electron chi connectivity index (χ4n) is 2.90. The monoisotopic (exact) mass is 280 g/mol. The second-order valence-electron chi connectivity index (χ2n) is 7.34. The smallest absolute Gasteiger partial charge is 0.0963 e. The lowest BCUT2D eigenvalue weighted by Gasteiger charge is -2.35. The van der Waals surface area contributed by atoms with Crippen LogP contribution >= 0.6 is 0 Å². The van der Waals surface area contributed by atoms with Crippen LogP contribution in [0, 0.1) is 16.7 Å². The van der Waals surface area contributed by atoms with Crippen molar-refractivity contribution in [1.29, 1.82) is 5.41 Å². The van der Waals surface area contributed by atoms with E-state index < -0.39 is 0 Å². The fourth-order valence-corrected chi connectivity index (χ4v) is 2.90. The number of rotatable bonds is 8. The Morgan fingerprint density at radius 1 is 1.10 bits per heavy atom. The molecule has 2 fully saturated rings. The van der Waals surface area contributed by atoms with Crippen molar-refractivity contribution in [2.24, 2.45) is 17.1 Å². The molecule has 2 aliphatic rings. The third kappa shape index (κ3) is 5.06. The van der Waals surface area contributed by atoms with E-state index >= 15 is 0 Å². The number of hydrogen-bond donors (Lipinski definition) is 2. The Balaban J connectivity index is 1.53. The summed E-state index contributed by atoms with van der Waals surface area (Å²) in [5.41, 5.74) is 5.50. The van der Waals surface area contributed by atoms with Crippen molar-refractivity contribution in [2.45, 2.75) is 46.0 Å². The maximum atomic E-state index is 7.57. The van der Waals surface area contributed by atoms with Gasteiger partial charge >= 0.3 is 0 Å². The quantitative estimate of drug-likeness (QED) is 0.407. The summed E-state index contributed by atoms with van der Waals surface area (Å²) in [6.45, 7) is 11.7. The molecular weight excluding hydrogens is 248 g/mol. The van der Waals surface area contributed by atoms with E-state index in [9.17, 15) is 0 Å². The highest BCUT2D eigenvalue weighted by Crippen LogP contribution is 2.30. The number of nitrogens with zero attached hydrogens (tertiary/aromatic N) is 2. The number of unbranched alkanes of at least 4 members (excludes halogenated alkanes) is 1. The van der Waals surface area contributed by atoms with Gasteiger partial charge in [-0.3, -0.25) is 5.41 Å². The van der Waals surface area contributed by atoms with Crippen molar-refractivity contribution in [2.75, 3.05) is 39.3 Å². The first kappa shape index (κ1) is 15.8. The number of amidine groups is 1. The molecule has 0 aromatic heterocycles. The maximum absolute atomic E-state index is 7.57. The Morgan fingerprint density at radius 3 is 2.25 bits per heavy atom. The van der Waals surface area contributed by atoms with Crippen molar-refractivity contribution in [3.63, 3.8) is 0 Å². The van der Waals surface area contributed by atoms with Crippen LogP contribution in [0.25, 0.3) is 0 Å². The summed E-state index contributed by atoms with van der Waals surface area (Å²) in [6.07, 6.45) is 6.37. The Hall–Kier alpha value is -0.610. The van der Waals surface area contributed by atoms with Crippen molar-refractivity contribution in [3.05, 3.63) is 0 Å². The minimum absolute atomic E-state index is 0.122. The van der Waals surface area contributed by atoms with Crippen LogP contribution in [0.2, 0.25) is 0 Å². The molecule has 3 N–H and O–H groups in total. The molecule has 0 bridgehead atoms. The van der Waals surface area contributed by atoms with Crippen molar-refractivity contribution in [1.82, 2.24) is 9.80 Å². The summed E-state index contributed by atoms with van der Waals surface area (Å²) in [5, 5.41) is 7.57. The van der Waals surface area contributed by atoms with Gasteiger partial charge in [0.25, 0.3) is 0 Å². The molecule has 1 saturated carbocycles. The molecule has 116 valence electrons. The zero-order chi connectivity index (χ0) is 14.6. The summed E-state index contributed by atoms with van der Waals surface area (Å²) in [6, 6.07) is 0. The Bertz CT molecular complexity index is 314. The lowest BCUT2D eigenvalue weighted by molar-refractivity contribution is 0.126. The molecule has 0 radical (unpaired) electrons. The second kappa shape index (κ2) is 6.90. The molecule has 0 atom stereocenters. The van der Waals surface area contributed by atoms with E-state index in [1.54, 1.807) is 0 Å². The highest BCUT2D eigenvalue weighted by atomic mass is 15.3. The van der Waals surface area contributed by atoms with E-state index in [1.165, 1.54) is 65.0 Å². The first-order chi connectivity index (χ1) is 9.47. The van der Waals surface area contributed by atoms with Gasteiger partial charge in [0.15, 0.2) is 0 Å². The topological polar surface area (TPSA) is 56.4 Å². The van der Waals surface area contributed by atoms with Crippen LogP contribution in [0.15, 0.2) is 0 Å². The molecule has 4 heteroatoms. The molecule has 0 unspecified atom stereocenters. The molecule has 0 aromatic carbocycles. The molecule has 1 aliphatic carbocycles. The lowest BCUT2D eigenvalue weighted by atomic mass is 9.86. The molecule has 2 rings (SSSR count). The summed E-state index contributed by atoms with van der Waals surface area (Å²) in [5.74, 6) is 1.35. The van der Waals surface area contributed by atoms with Crippen LogP contribution in [-0.2, 0) is 0 Å². The average Bonchev–Trinajstić information content (AvgIpc) is 3.20. The Kier molecular flexibility index (Phi) is 5.44. The van der Waals surface area contributed by atoms with Gasteiger partial charge in [-0.15, -0.1) is 0 Å². The van der Waals surface area contributed by atoms with Crippen molar-refractivity contribution < 1.29 is 0 Å². The minimum Gasteiger partial charge on any atom is -0.387 e. The number of nitrogens with two attached hydrogens (primary N) is 1. The first-order valence-electron chi connectivity index (χ1n) is 8.26. The maximum Gasteiger partial charge on any atom is 0.0963 e. The number of nitrogens with one attached hydrogen (secondary N) is 1. The predicted molar refractivity (Wildman–Crippen MR) is 85.2 cm³/mol. The summed E-state index contributed by atoms with van der Waals surface area (Å²) in [4.78, 5) is 5.25. The zero-order valence-electron chi connectivity index (χ0n) is 13.3. The van der Waals surface area contributed by atoms with Crippen LogP contribution in [0.5, 0.6) is 0 Å². The highest BCUT2D eigenvalue weighted by Gasteiger charge is 2.26. The van der Waals surface area contributed by atoms with Crippen molar-refractivity contribution in [3.8, 4) is 0 Å². The number of piperazine rings is 1. The van der Waals surface area contributed by atoms with Gasteiger partial charge in [-0.1, -0.05) is 20.3 Å². The van der Waals surface area contributed by atoms with Crippen LogP contribution in [0.4, 0.5) is 0 Å².